The molecular weight excluding hydrogens is 606 g/mol. The minimum atomic E-state index is -0.664. The van der Waals surface area contributed by atoms with Crippen molar-refractivity contribution in [1.29, 1.82) is 0 Å². The van der Waals surface area contributed by atoms with E-state index in [2.05, 4.69) is 20.5 Å². The van der Waals surface area contributed by atoms with Gasteiger partial charge in [0.15, 0.2) is 5.82 Å². The third-order valence-corrected chi connectivity index (χ3v) is 9.07. The molecule has 0 aliphatic carbocycles. The molecule has 44 heavy (non-hydrogen) atoms. The van der Waals surface area contributed by atoms with Gasteiger partial charge >= 0.3 is 0 Å². The van der Waals surface area contributed by atoms with E-state index < -0.39 is 12.2 Å². The van der Waals surface area contributed by atoms with Crippen LogP contribution in [-0.2, 0) is 31.3 Å². The van der Waals surface area contributed by atoms with E-state index in [1.807, 2.05) is 61.1 Å². The van der Waals surface area contributed by atoms with Crippen molar-refractivity contribution in [2.75, 3.05) is 45.9 Å². The minimum absolute atomic E-state index is 0.329. The van der Waals surface area contributed by atoms with Crippen LogP contribution in [0.4, 0.5) is 10.1 Å². The number of carbonyl (C=O) groups is 1. The number of rotatable bonds is 9. The Bertz CT molecular complexity index is 1720. The first kappa shape index (κ1) is 30.5. The number of pyridine rings is 1. The zero-order valence-electron chi connectivity index (χ0n) is 24.7. The predicted molar refractivity (Wildman–Crippen MR) is 169 cm³/mol. The fourth-order valence-electron chi connectivity index (χ4n) is 5.60. The molecule has 230 valence electrons. The highest BCUT2D eigenvalue weighted by molar-refractivity contribution is 6.39. The van der Waals surface area contributed by atoms with Crippen molar-refractivity contribution in [3.63, 3.8) is 0 Å². The molecule has 6 rings (SSSR count). The van der Waals surface area contributed by atoms with Crippen LogP contribution in [0.15, 0.2) is 48.5 Å². The number of imidazole rings is 1. The number of methoxy groups -OCH3 is 1. The SMILES string of the molecule is COc1nc(-c2cccc(-c3cccc(NC(=O)c4nc5c(n4C)CCN(C)C5)c3Cl)c2Cl)ccc1CNC1(CF)COC1. The van der Waals surface area contributed by atoms with E-state index in [9.17, 15) is 9.18 Å². The van der Waals surface area contributed by atoms with E-state index in [-0.39, 0.29) is 5.91 Å². The number of hydrogen-bond donors (Lipinski definition) is 2. The number of carbonyl (C=O) groups excluding carboxylic acids is 1. The van der Waals surface area contributed by atoms with E-state index in [1.54, 1.807) is 13.2 Å². The third kappa shape index (κ3) is 5.68. The number of nitrogens with zero attached hydrogens (tertiary/aromatic N) is 4. The van der Waals surface area contributed by atoms with E-state index >= 15 is 0 Å². The van der Waals surface area contributed by atoms with Gasteiger partial charge < -0.3 is 29.6 Å². The zero-order chi connectivity index (χ0) is 31.0. The van der Waals surface area contributed by atoms with Gasteiger partial charge in [0.1, 0.15) is 6.67 Å². The molecule has 0 unspecified atom stereocenters. The highest BCUT2D eigenvalue weighted by atomic mass is 35.5. The Balaban J connectivity index is 1.26. The molecule has 12 heteroatoms. The summed E-state index contributed by atoms with van der Waals surface area (Å²) in [5.74, 6) is 0.416. The number of alkyl halides is 1. The lowest BCUT2D eigenvalue weighted by Crippen LogP contribution is -2.61. The summed E-state index contributed by atoms with van der Waals surface area (Å²) >= 11 is 13.9. The van der Waals surface area contributed by atoms with Crippen LogP contribution in [0.1, 0.15) is 27.6 Å². The average Bonchev–Trinajstić information content (AvgIpc) is 3.33. The molecule has 1 fully saturated rings. The van der Waals surface area contributed by atoms with Crippen LogP contribution in [0.3, 0.4) is 0 Å². The summed E-state index contributed by atoms with van der Waals surface area (Å²) in [6.07, 6.45) is 0.837. The molecular formula is C32H33Cl2FN6O3. The number of amides is 1. The average molecular weight is 640 g/mol. The van der Waals surface area contributed by atoms with Crippen LogP contribution in [0.25, 0.3) is 22.4 Å². The van der Waals surface area contributed by atoms with Gasteiger partial charge in [-0.3, -0.25) is 4.79 Å². The second-order valence-corrected chi connectivity index (χ2v) is 12.0. The first-order valence-corrected chi connectivity index (χ1v) is 15.0. The summed E-state index contributed by atoms with van der Waals surface area (Å²) in [6, 6.07) is 14.8. The molecule has 0 spiro atoms. The number of nitrogens with one attached hydrogen (secondary N) is 2. The molecule has 0 atom stereocenters. The summed E-state index contributed by atoms with van der Waals surface area (Å²) in [4.78, 5) is 24.8. The second kappa shape index (κ2) is 12.5. The molecule has 0 radical (unpaired) electrons. The summed E-state index contributed by atoms with van der Waals surface area (Å²) in [6.45, 7) is 2.15. The van der Waals surface area contributed by atoms with Gasteiger partial charge in [-0.15, -0.1) is 0 Å². The molecule has 2 N–H and O–H groups in total. The van der Waals surface area contributed by atoms with Gasteiger partial charge in [0.2, 0.25) is 5.88 Å². The fourth-order valence-corrected chi connectivity index (χ4v) is 6.20. The van der Waals surface area contributed by atoms with Gasteiger partial charge in [0.25, 0.3) is 5.91 Å². The van der Waals surface area contributed by atoms with Crippen molar-refractivity contribution in [3.05, 3.63) is 81.4 Å². The summed E-state index contributed by atoms with van der Waals surface area (Å²) in [5, 5.41) is 6.97. The zero-order valence-corrected chi connectivity index (χ0v) is 26.2. The maximum absolute atomic E-state index is 13.5. The third-order valence-electron chi connectivity index (χ3n) is 8.26. The number of hydrogen-bond acceptors (Lipinski definition) is 7. The Morgan fingerprint density at radius 2 is 1.77 bits per heavy atom. The van der Waals surface area contributed by atoms with Crippen LogP contribution in [0.2, 0.25) is 10.0 Å². The number of anilines is 1. The topological polar surface area (TPSA) is 93.5 Å². The van der Waals surface area contributed by atoms with Crippen molar-refractivity contribution >= 4 is 34.8 Å². The molecule has 0 bridgehead atoms. The quantitative estimate of drug-likeness (QED) is 0.249. The molecule has 1 amide bonds. The van der Waals surface area contributed by atoms with Crippen molar-refractivity contribution < 1.29 is 18.7 Å². The van der Waals surface area contributed by atoms with Gasteiger partial charge in [0.05, 0.1) is 53.0 Å². The Kier molecular flexibility index (Phi) is 8.63. The Labute approximate surface area is 265 Å². The van der Waals surface area contributed by atoms with Crippen LogP contribution in [-0.4, -0.2) is 71.5 Å². The van der Waals surface area contributed by atoms with E-state index in [0.29, 0.717) is 76.1 Å². The largest absolute Gasteiger partial charge is 0.481 e. The van der Waals surface area contributed by atoms with E-state index in [1.165, 1.54) is 0 Å². The molecule has 9 nitrogen and oxygen atoms in total. The van der Waals surface area contributed by atoms with Gasteiger partial charge in [-0.25, -0.2) is 14.4 Å². The molecule has 0 saturated carbocycles. The first-order valence-electron chi connectivity index (χ1n) is 14.3. The second-order valence-electron chi connectivity index (χ2n) is 11.3. The highest BCUT2D eigenvalue weighted by Crippen LogP contribution is 2.41. The van der Waals surface area contributed by atoms with Crippen LogP contribution >= 0.6 is 23.2 Å². The van der Waals surface area contributed by atoms with Crippen molar-refractivity contribution in [3.8, 4) is 28.3 Å². The normalized spacial score (nSPS) is 15.9. The van der Waals surface area contributed by atoms with Gasteiger partial charge in [-0.2, -0.15) is 0 Å². The molecule has 1 saturated heterocycles. The standard InChI is InChI=1S/C32H33Cl2FN6O3/c1-40-13-12-26-25(15-40)37-29(41(26)2)30(42)38-24-9-5-7-21(28(24)34)20-6-4-8-22(27(20)33)23-11-10-19(31(39-23)43-3)14-36-32(16-35)17-44-18-32/h4-11,36H,12-18H2,1-3H3,(H,38,42). The van der Waals surface area contributed by atoms with E-state index in [4.69, 9.17) is 37.7 Å². The molecule has 2 aromatic heterocycles. The summed E-state index contributed by atoms with van der Waals surface area (Å²) in [5.41, 5.74) is 5.19. The van der Waals surface area contributed by atoms with Crippen LogP contribution in [0.5, 0.6) is 5.88 Å². The van der Waals surface area contributed by atoms with Crippen LogP contribution in [0, 0.1) is 0 Å². The van der Waals surface area contributed by atoms with Crippen molar-refractivity contribution in [1.82, 2.24) is 24.8 Å². The Morgan fingerprint density at radius 1 is 1.05 bits per heavy atom. The Hall–Kier alpha value is -3.54. The highest BCUT2D eigenvalue weighted by Gasteiger charge is 2.38. The number of benzene rings is 2. The molecule has 2 aliphatic heterocycles. The number of fused-ring (bicyclic) bond motifs is 1. The maximum Gasteiger partial charge on any atom is 0.291 e. The lowest BCUT2D eigenvalue weighted by Gasteiger charge is -2.40. The number of aromatic nitrogens is 3. The Morgan fingerprint density at radius 3 is 2.48 bits per heavy atom. The van der Waals surface area contributed by atoms with Gasteiger partial charge in [-0.1, -0.05) is 59.6 Å². The summed E-state index contributed by atoms with van der Waals surface area (Å²) < 4.78 is 26.1. The lowest BCUT2D eigenvalue weighted by atomic mass is 9.98. The number of likely N-dealkylation sites (N-methyl/N-ethyl adjacent to an activating group) is 1. The molecule has 2 aromatic carbocycles. The summed E-state index contributed by atoms with van der Waals surface area (Å²) in [7, 11) is 5.45. The van der Waals surface area contributed by atoms with Crippen molar-refractivity contribution in [2.24, 2.45) is 7.05 Å². The number of ether oxygens (including phenoxy) is 2. The molecule has 4 heterocycles. The molecule has 2 aliphatic rings. The molecule has 4 aromatic rings. The van der Waals surface area contributed by atoms with Gasteiger partial charge in [0, 0.05) is 61.1 Å². The predicted octanol–water partition coefficient (Wildman–Crippen LogP) is 5.53. The number of halogens is 3. The smallest absolute Gasteiger partial charge is 0.291 e. The monoisotopic (exact) mass is 638 g/mol. The maximum atomic E-state index is 13.5. The van der Waals surface area contributed by atoms with Crippen LogP contribution < -0.4 is 15.4 Å². The van der Waals surface area contributed by atoms with E-state index in [0.717, 1.165) is 29.9 Å². The lowest BCUT2D eigenvalue weighted by molar-refractivity contribution is -0.0852. The van der Waals surface area contributed by atoms with Gasteiger partial charge in [-0.05, 0) is 19.2 Å². The fraction of sp³-hybridized carbons (Fsp3) is 0.344. The van der Waals surface area contributed by atoms with Crippen molar-refractivity contribution in [2.45, 2.75) is 25.0 Å². The first-order chi connectivity index (χ1) is 21.2. The minimum Gasteiger partial charge on any atom is -0.481 e.